The molecule has 2 heterocycles. The molecule has 2 rings (SSSR count). The van der Waals surface area contributed by atoms with Crippen LogP contribution in [0.15, 0.2) is 36.8 Å². The Labute approximate surface area is 91.8 Å². The van der Waals surface area contributed by atoms with Crippen LogP contribution in [0.5, 0.6) is 0 Å². The van der Waals surface area contributed by atoms with Gasteiger partial charge in [-0.25, -0.2) is 4.98 Å². The molecule has 0 aliphatic rings. The van der Waals surface area contributed by atoms with Crippen molar-refractivity contribution in [1.29, 1.82) is 0 Å². The Bertz CT molecular complexity index is 482. The predicted molar refractivity (Wildman–Crippen MR) is 57.9 cm³/mol. The first-order chi connectivity index (χ1) is 7.29. The summed E-state index contributed by atoms with van der Waals surface area (Å²) in [4.78, 5) is 18.5. The molecule has 0 saturated carbocycles. The minimum atomic E-state index is 0.443. The highest BCUT2D eigenvalue weighted by atomic mass is 35.5. The number of halogens is 1. The van der Waals surface area contributed by atoms with E-state index in [4.69, 9.17) is 11.6 Å². The van der Waals surface area contributed by atoms with Gasteiger partial charge in [-0.2, -0.15) is 0 Å². The van der Waals surface area contributed by atoms with E-state index in [1.54, 1.807) is 24.5 Å². The number of pyridine rings is 2. The number of carbonyl (C=O) groups is 1. The monoisotopic (exact) mass is 218 g/mol. The summed E-state index contributed by atoms with van der Waals surface area (Å²) in [6.45, 7) is 0. The molecule has 2 aromatic rings. The fourth-order valence-electron chi connectivity index (χ4n) is 1.23. The largest absolute Gasteiger partial charge is 0.298 e. The summed E-state index contributed by atoms with van der Waals surface area (Å²) in [5.74, 6) is 0. The molecule has 0 unspecified atom stereocenters. The van der Waals surface area contributed by atoms with Crippen LogP contribution in [-0.2, 0) is 0 Å². The molecule has 0 amide bonds. The minimum absolute atomic E-state index is 0.443. The number of aldehydes is 1. The SMILES string of the molecule is O=Cc1cncc(-c2ccc(Cl)nc2)c1. The van der Waals surface area contributed by atoms with Crippen LogP contribution in [0.4, 0.5) is 0 Å². The number of hydrogen-bond acceptors (Lipinski definition) is 3. The van der Waals surface area contributed by atoms with Crippen LogP contribution in [-0.4, -0.2) is 16.3 Å². The zero-order valence-corrected chi connectivity index (χ0v) is 8.48. The number of nitrogens with zero attached hydrogens (tertiary/aromatic N) is 2. The molecule has 0 atom stereocenters. The van der Waals surface area contributed by atoms with Crippen molar-refractivity contribution in [1.82, 2.24) is 9.97 Å². The Morgan fingerprint density at radius 1 is 1.13 bits per heavy atom. The van der Waals surface area contributed by atoms with Crippen LogP contribution in [0.1, 0.15) is 10.4 Å². The molecule has 3 nitrogen and oxygen atoms in total. The van der Waals surface area contributed by atoms with Crippen molar-refractivity contribution in [2.24, 2.45) is 0 Å². The van der Waals surface area contributed by atoms with Gasteiger partial charge in [0, 0.05) is 35.3 Å². The van der Waals surface area contributed by atoms with Crippen molar-refractivity contribution in [3.8, 4) is 11.1 Å². The molecule has 4 heteroatoms. The Morgan fingerprint density at radius 3 is 2.67 bits per heavy atom. The maximum absolute atomic E-state index is 10.6. The fraction of sp³-hybridized carbons (Fsp3) is 0. The third kappa shape index (κ3) is 2.19. The van der Waals surface area contributed by atoms with E-state index in [0.717, 1.165) is 17.4 Å². The Morgan fingerprint density at radius 2 is 2.00 bits per heavy atom. The Hall–Kier alpha value is -1.74. The normalized spacial score (nSPS) is 9.93. The molecule has 2 aromatic heterocycles. The molecule has 74 valence electrons. The first-order valence-electron chi connectivity index (χ1n) is 4.32. The molecule has 0 N–H and O–H groups in total. The topological polar surface area (TPSA) is 42.9 Å². The maximum atomic E-state index is 10.6. The van der Waals surface area contributed by atoms with Crippen LogP contribution in [0, 0.1) is 0 Å². The molecule has 0 fully saturated rings. The number of aromatic nitrogens is 2. The second kappa shape index (κ2) is 4.19. The highest BCUT2D eigenvalue weighted by Crippen LogP contribution is 2.19. The van der Waals surface area contributed by atoms with Crippen molar-refractivity contribution in [3.05, 3.63) is 47.5 Å². The van der Waals surface area contributed by atoms with Gasteiger partial charge in [0.2, 0.25) is 0 Å². The van der Waals surface area contributed by atoms with Crippen molar-refractivity contribution < 1.29 is 4.79 Å². The Kier molecular flexibility index (Phi) is 2.74. The lowest BCUT2D eigenvalue weighted by molar-refractivity contribution is 0.112. The summed E-state index contributed by atoms with van der Waals surface area (Å²) in [6, 6.07) is 5.29. The number of carbonyl (C=O) groups excluding carboxylic acids is 1. The quantitative estimate of drug-likeness (QED) is 0.575. The van der Waals surface area contributed by atoms with Crippen LogP contribution in [0.3, 0.4) is 0 Å². The fourth-order valence-corrected chi connectivity index (χ4v) is 1.34. The van der Waals surface area contributed by atoms with Gasteiger partial charge in [-0.05, 0) is 18.2 Å². The van der Waals surface area contributed by atoms with Gasteiger partial charge in [-0.15, -0.1) is 0 Å². The molecular weight excluding hydrogens is 212 g/mol. The van der Waals surface area contributed by atoms with Crippen molar-refractivity contribution in [2.45, 2.75) is 0 Å². The van der Waals surface area contributed by atoms with E-state index in [9.17, 15) is 4.79 Å². The van der Waals surface area contributed by atoms with E-state index < -0.39 is 0 Å². The van der Waals surface area contributed by atoms with Gasteiger partial charge in [0.05, 0.1) is 0 Å². The standard InChI is InChI=1S/C11H7ClN2O/c12-11-2-1-9(6-14-11)10-3-8(7-15)4-13-5-10/h1-7H. The summed E-state index contributed by atoms with van der Waals surface area (Å²) in [5, 5.41) is 0.443. The zero-order valence-electron chi connectivity index (χ0n) is 7.72. The molecule has 0 aliphatic heterocycles. The molecule has 0 bridgehead atoms. The highest BCUT2D eigenvalue weighted by Gasteiger charge is 2.00. The van der Waals surface area contributed by atoms with Crippen molar-refractivity contribution in [2.75, 3.05) is 0 Å². The lowest BCUT2D eigenvalue weighted by atomic mass is 10.1. The third-order valence-corrected chi connectivity index (χ3v) is 2.18. The summed E-state index contributed by atoms with van der Waals surface area (Å²) in [5.41, 5.74) is 2.28. The van der Waals surface area contributed by atoms with Gasteiger partial charge in [-0.1, -0.05) is 11.6 Å². The summed E-state index contributed by atoms with van der Waals surface area (Å²) >= 11 is 5.67. The molecule has 0 aromatic carbocycles. The van der Waals surface area contributed by atoms with Crippen LogP contribution >= 0.6 is 11.6 Å². The van der Waals surface area contributed by atoms with Gasteiger partial charge in [0.15, 0.2) is 6.29 Å². The average molecular weight is 219 g/mol. The van der Waals surface area contributed by atoms with Crippen molar-refractivity contribution in [3.63, 3.8) is 0 Å². The molecule has 0 spiro atoms. The molecule has 0 saturated heterocycles. The maximum Gasteiger partial charge on any atom is 0.151 e. The van der Waals surface area contributed by atoms with Gasteiger partial charge in [0.25, 0.3) is 0 Å². The van der Waals surface area contributed by atoms with E-state index in [2.05, 4.69) is 9.97 Å². The predicted octanol–water partition coefficient (Wildman–Crippen LogP) is 2.61. The van der Waals surface area contributed by atoms with Crippen LogP contribution < -0.4 is 0 Å². The molecule has 15 heavy (non-hydrogen) atoms. The van der Waals surface area contributed by atoms with Crippen LogP contribution in [0.25, 0.3) is 11.1 Å². The smallest absolute Gasteiger partial charge is 0.151 e. The van der Waals surface area contributed by atoms with Crippen LogP contribution in [0.2, 0.25) is 5.15 Å². The van der Waals surface area contributed by atoms with Gasteiger partial charge < -0.3 is 0 Å². The highest BCUT2D eigenvalue weighted by molar-refractivity contribution is 6.29. The third-order valence-electron chi connectivity index (χ3n) is 1.96. The summed E-state index contributed by atoms with van der Waals surface area (Å²) < 4.78 is 0. The number of hydrogen-bond donors (Lipinski definition) is 0. The minimum Gasteiger partial charge on any atom is -0.298 e. The van der Waals surface area contributed by atoms with E-state index in [1.165, 1.54) is 6.20 Å². The summed E-state index contributed by atoms with van der Waals surface area (Å²) in [6.07, 6.45) is 5.60. The van der Waals surface area contributed by atoms with Gasteiger partial charge >= 0.3 is 0 Å². The second-order valence-electron chi connectivity index (χ2n) is 2.99. The Balaban J connectivity index is 2.44. The first kappa shape index (κ1) is 9.80. The lowest BCUT2D eigenvalue weighted by Crippen LogP contribution is -1.86. The zero-order chi connectivity index (χ0) is 10.7. The summed E-state index contributed by atoms with van der Waals surface area (Å²) in [7, 11) is 0. The number of rotatable bonds is 2. The second-order valence-corrected chi connectivity index (χ2v) is 3.38. The van der Waals surface area contributed by atoms with E-state index in [0.29, 0.717) is 10.7 Å². The first-order valence-corrected chi connectivity index (χ1v) is 4.69. The van der Waals surface area contributed by atoms with Gasteiger partial charge in [-0.3, -0.25) is 9.78 Å². The van der Waals surface area contributed by atoms with E-state index in [-0.39, 0.29) is 0 Å². The molecular formula is C11H7ClN2O. The van der Waals surface area contributed by atoms with E-state index in [1.807, 2.05) is 6.07 Å². The van der Waals surface area contributed by atoms with Crippen molar-refractivity contribution >= 4 is 17.9 Å². The molecule has 0 radical (unpaired) electrons. The average Bonchev–Trinajstić information content (AvgIpc) is 2.30. The van der Waals surface area contributed by atoms with Gasteiger partial charge in [0.1, 0.15) is 5.15 Å². The van der Waals surface area contributed by atoms with E-state index >= 15 is 0 Å². The lowest BCUT2D eigenvalue weighted by Gasteiger charge is -2.00. The molecule has 0 aliphatic carbocycles.